The van der Waals surface area contributed by atoms with E-state index in [1.54, 1.807) is 16.9 Å². The zero-order chi connectivity index (χ0) is 19.5. The summed E-state index contributed by atoms with van der Waals surface area (Å²) in [7, 11) is 3.57. The number of carbonyl (C=O) groups excluding carboxylic acids is 2. The number of rotatable bonds is 11. The second kappa shape index (κ2) is 11.6. The normalized spacial score (nSPS) is 10.8. The van der Waals surface area contributed by atoms with Crippen molar-refractivity contribution in [3.05, 3.63) is 24.0 Å². The van der Waals surface area contributed by atoms with Crippen molar-refractivity contribution in [2.24, 2.45) is 7.05 Å². The monoisotopic (exact) mass is 366 g/mol. The maximum atomic E-state index is 12.9. The van der Waals surface area contributed by atoms with Crippen LogP contribution in [0, 0.1) is 0 Å². The van der Waals surface area contributed by atoms with Crippen LogP contribution in [0.1, 0.15) is 39.3 Å². The van der Waals surface area contributed by atoms with E-state index in [0.29, 0.717) is 26.2 Å². The predicted molar refractivity (Wildman–Crippen MR) is 103 cm³/mol. The van der Waals surface area contributed by atoms with Gasteiger partial charge in [-0.3, -0.25) is 4.79 Å². The smallest absolute Gasteiger partial charge is 0.318 e. The Morgan fingerprint density at radius 1 is 1.35 bits per heavy atom. The summed E-state index contributed by atoms with van der Waals surface area (Å²) in [6.45, 7) is 8.05. The molecule has 0 aromatic carbocycles. The second-order valence-corrected chi connectivity index (χ2v) is 6.73. The first-order valence-electron chi connectivity index (χ1n) is 9.32. The lowest BCUT2D eigenvalue weighted by atomic mass is 10.3. The van der Waals surface area contributed by atoms with Crippen LogP contribution in [0.15, 0.2) is 18.3 Å². The molecule has 0 saturated carbocycles. The second-order valence-electron chi connectivity index (χ2n) is 6.73. The molecule has 0 bridgehead atoms. The number of urea groups is 1. The van der Waals surface area contributed by atoms with E-state index < -0.39 is 0 Å². The van der Waals surface area contributed by atoms with E-state index in [1.165, 1.54) is 0 Å². The summed E-state index contributed by atoms with van der Waals surface area (Å²) in [6, 6.07) is 3.70. The fourth-order valence-corrected chi connectivity index (χ4v) is 2.56. The molecule has 7 heteroatoms. The number of amides is 3. The Balaban J connectivity index is 2.77. The Bertz CT molecular complexity index is 557. The number of nitrogens with zero attached hydrogens (tertiary/aromatic N) is 3. The highest BCUT2D eigenvalue weighted by Gasteiger charge is 2.23. The topological polar surface area (TPSA) is 66.8 Å². The van der Waals surface area contributed by atoms with Crippen molar-refractivity contribution in [2.45, 2.75) is 46.2 Å². The van der Waals surface area contributed by atoms with Gasteiger partial charge in [0, 0.05) is 45.2 Å². The Hall–Kier alpha value is -2.02. The van der Waals surface area contributed by atoms with Crippen molar-refractivity contribution < 1.29 is 14.3 Å². The predicted octanol–water partition coefficient (Wildman–Crippen LogP) is 2.22. The van der Waals surface area contributed by atoms with Gasteiger partial charge in [-0.25, -0.2) is 4.79 Å². The van der Waals surface area contributed by atoms with Crippen molar-refractivity contribution in [1.29, 1.82) is 0 Å². The third-order valence-corrected chi connectivity index (χ3v) is 4.32. The summed E-state index contributed by atoms with van der Waals surface area (Å²) in [5.41, 5.74) is 1.04. The molecule has 0 fully saturated rings. The molecule has 3 amide bonds. The van der Waals surface area contributed by atoms with E-state index in [1.807, 2.05) is 43.8 Å². The average molecular weight is 367 g/mol. The van der Waals surface area contributed by atoms with Crippen molar-refractivity contribution in [1.82, 2.24) is 19.7 Å². The van der Waals surface area contributed by atoms with Crippen LogP contribution in [0.5, 0.6) is 0 Å². The first-order chi connectivity index (χ1) is 12.4. The number of unbranched alkanes of at least 4 members (excludes halogenated alkanes) is 1. The standard InChI is InChI=1S/C19H34N4O3/c1-6-7-10-20-19(25)23(16(2)3)15-18(24)22(12-13-26-5)14-17-9-8-11-21(17)4/h8-9,11,16H,6-7,10,12-15H2,1-5H3,(H,20,25). The summed E-state index contributed by atoms with van der Waals surface area (Å²) in [5, 5.41) is 2.89. The Kier molecular flexibility index (Phi) is 9.80. The Morgan fingerprint density at radius 3 is 2.62 bits per heavy atom. The molecule has 0 aliphatic carbocycles. The maximum absolute atomic E-state index is 12.9. The Morgan fingerprint density at radius 2 is 2.08 bits per heavy atom. The van der Waals surface area contributed by atoms with E-state index in [-0.39, 0.29) is 24.5 Å². The summed E-state index contributed by atoms with van der Waals surface area (Å²) < 4.78 is 7.13. The lowest BCUT2D eigenvalue weighted by Crippen LogP contribution is -2.50. The van der Waals surface area contributed by atoms with Crippen LogP contribution in [0.3, 0.4) is 0 Å². The van der Waals surface area contributed by atoms with Gasteiger partial charge in [-0.1, -0.05) is 13.3 Å². The van der Waals surface area contributed by atoms with Gasteiger partial charge in [0.2, 0.25) is 5.91 Å². The van der Waals surface area contributed by atoms with Crippen LogP contribution in [0.4, 0.5) is 4.79 Å². The number of carbonyl (C=O) groups is 2. The molecule has 1 aromatic rings. The van der Waals surface area contributed by atoms with Gasteiger partial charge >= 0.3 is 6.03 Å². The van der Waals surface area contributed by atoms with Crippen LogP contribution < -0.4 is 5.32 Å². The molecule has 1 rings (SSSR count). The van der Waals surface area contributed by atoms with Crippen LogP contribution in [-0.2, 0) is 23.1 Å². The molecule has 0 unspecified atom stereocenters. The number of aryl methyl sites for hydroxylation is 1. The molecule has 1 N–H and O–H groups in total. The van der Waals surface area contributed by atoms with Gasteiger partial charge in [-0.2, -0.15) is 0 Å². The van der Waals surface area contributed by atoms with Gasteiger partial charge in [-0.05, 0) is 32.4 Å². The molecular formula is C19H34N4O3. The lowest BCUT2D eigenvalue weighted by molar-refractivity contribution is -0.133. The molecule has 148 valence electrons. The summed E-state index contributed by atoms with van der Waals surface area (Å²) in [6.07, 6.45) is 3.90. The number of ether oxygens (including phenoxy) is 1. The van der Waals surface area contributed by atoms with Gasteiger partial charge in [0.25, 0.3) is 0 Å². The number of hydrogen-bond donors (Lipinski definition) is 1. The first kappa shape index (κ1) is 22.0. The highest BCUT2D eigenvalue weighted by atomic mass is 16.5. The van der Waals surface area contributed by atoms with E-state index in [0.717, 1.165) is 18.5 Å². The SMILES string of the molecule is CCCCNC(=O)N(CC(=O)N(CCOC)Cc1cccn1C)C(C)C. The van der Waals surface area contributed by atoms with Crippen LogP contribution in [-0.4, -0.2) is 65.7 Å². The molecular weight excluding hydrogens is 332 g/mol. The van der Waals surface area contributed by atoms with Crippen LogP contribution in [0.25, 0.3) is 0 Å². The molecule has 0 aliphatic heterocycles. The van der Waals surface area contributed by atoms with Crippen LogP contribution >= 0.6 is 0 Å². The van der Waals surface area contributed by atoms with E-state index >= 15 is 0 Å². The largest absolute Gasteiger partial charge is 0.383 e. The molecule has 7 nitrogen and oxygen atoms in total. The number of nitrogens with one attached hydrogen (secondary N) is 1. The van der Waals surface area contributed by atoms with E-state index in [2.05, 4.69) is 12.2 Å². The fraction of sp³-hybridized carbons (Fsp3) is 0.684. The minimum absolute atomic E-state index is 0.0557. The van der Waals surface area contributed by atoms with Crippen molar-refractivity contribution in [2.75, 3.05) is 33.4 Å². The summed E-state index contributed by atoms with van der Waals surface area (Å²) in [5.74, 6) is -0.0809. The van der Waals surface area contributed by atoms with E-state index in [4.69, 9.17) is 4.74 Å². The highest BCUT2D eigenvalue weighted by molar-refractivity contribution is 5.84. The van der Waals surface area contributed by atoms with Gasteiger partial charge in [0.15, 0.2) is 0 Å². The van der Waals surface area contributed by atoms with Gasteiger partial charge < -0.3 is 24.4 Å². The molecule has 26 heavy (non-hydrogen) atoms. The summed E-state index contributed by atoms with van der Waals surface area (Å²) in [4.78, 5) is 28.6. The zero-order valence-electron chi connectivity index (χ0n) is 16.8. The van der Waals surface area contributed by atoms with Crippen molar-refractivity contribution in [3.8, 4) is 0 Å². The number of methoxy groups -OCH3 is 1. The van der Waals surface area contributed by atoms with E-state index in [9.17, 15) is 9.59 Å². The van der Waals surface area contributed by atoms with Gasteiger partial charge in [0.1, 0.15) is 6.54 Å². The molecule has 1 aromatic heterocycles. The molecule has 0 spiro atoms. The summed E-state index contributed by atoms with van der Waals surface area (Å²) >= 11 is 0. The number of hydrogen-bond acceptors (Lipinski definition) is 3. The molecule has 1 heterocycles. The van der Waals surface area contributed by atoms with Crippen LogP contribution in [0.2, 0.25) is 0 Å². The molecule has 0 atom stereocenters. The quantitative estimate of drug-likeness (QED) is 0.611. The third kappa shape index (κ3) is 7.07. The minimum Gasteiger partial charge on any atom is -0.383 e. The molecule has 0 aliphatic rings. The zero-order valence-corrected chi connectivity index (χ0v) is 16.8. The molecule has 0 radical (unpaired) electrons. The highest BCUT2D eigenvalue weighted by Crippen LogP contribution is 2.08. The van der Waals surface area contributed by atoms with Gasteiger partial charge in [0.05, 0.1) is 13.2 Å². The average Bonchev–Trinajstić information content (AvgIpc) is 3.00. The van der Waals surface area contributed by atoms with Gasteiger partial charge in [-0.15, -0.1) is 0 Å². The Labute approximate surface area is 157 Å². The minimum atomic E-state index is -0.188. The lowest BCUT2D eigenvalue weighted by Gasteiger charge is -2.30. The van der Waals surface area contributed by atoms with Crippen molar-refractivity contribution in [3.63, 3.8) is 0 Å². The third-order valence-electron chi connectivity index (χ3n) is 4.32. The molecule has 0 saturated heterocycles. The first-order valence-corrected chi connectivity index (χ1v) is 9.32. The fourth-order valence-electron chi connectivity index (χ4n) is 2.56. The number of aromatic nitrogens is 1. The van der Waals surface area contributed by atoms with Crippen molar-refractivity contribution >= 4 is 11.9 Å². The maximum Gasteiger partial charge on any atom is 0.318 e.